The van der Waals surface area contributed by atoms with Crippen LogP contribution in [0.4, 0.5) is 0 Å². The van der Waals surface area contributed by atoms with E-state index < -0.39 is 0 Å². The molecule has 0 amide bonds. The van der Waals surface area contributed by atoms with Gasteiger partial charge in [-0.2, -0.15) is 0 Å². The molecule has 0 heterocycles. The lowest BCUT2D eigenvalue weighted by Crippen LogP contribution is -2.18. The summed E-state index contributed by atoms with van der Waals surface area (Å²) in [5.74, 6) is 0. The van der Waals surface area contributed by atoms with Crippen molar-refractivity contribution in [2.24, 2.45) is 0 Å². The average Bonchev–Trinajstić information content (AvgIpc) is 2.67. The molecule has 0 rings (SSSR count). The number of ether oxygens (including phenoxy) is 6. The van der Waals surface area contributed by atoms with Gasteiger partial charge in [-0.05, 0) is 6.42 Å². The van der Waals surface area contributed by atoms with Crippen LogP contribution in [0.1, 0.15) is 32.6 Å². The second-order valence-corrected chi connectivity index (χ2v) is 6.01. The highest BCUT2D eigenvalue weighted by Gasteiger charge is 2.03. The summed E-state index contributed by atoms with van der Waals surface area (Å²) in [5, 5.41) is 18.2. The first-order valence-corrected chi connectivity index (χ1v) is 10.1. The monoisotopic (exact) mass is 396 g/mol. The van der Waals surface area contributed by atoms with Crippen molar-refractivity contribution in [2.75, 3.05) is 85.9 Å². The maximum Gasteiger partial charge on any atom is 0.0773 e. The lowest BCUT2D eigenvalue weighted by molar-refractivity contribution is -0.0251. The molecule has 0 saturated carbocycles. The van der Waals surface area contributed by atoms with Crippen molar-refractivity contribution < 1.29 is 38.6 Å². The van der Waals surface area contributed by atoms with Crippen LogP contribution in [0.5, 0.6) is 0 Å². The highest BCUT2D eigenvalue weighted by Crippen LogP contribution is 2.03. The first-order valence-electron chi connectivity index (χ1n) is 10.1. The van der Waals surface area contributed by atoms with Crippen molar-refractivity contribution in [3.05, 3.63) is 0 Å². The Hall–Kier alpha value is -0.320. The van der Waals surface area contributed by atoms with E-state index in [0.29, 0.717) is 79.3 Å². The fourth-order valence-electron chi connectivity index (χ4n) is 2.10. The molecule has 0 spiro atoms. The molecular formula is C19H40O8. The molecule has 0 bridgehead atoms. The van der Waals surface area contributed by atoms with Gasteiger partial charge in [-0.25, -0.2) is 0 Å². The van der Waals surface area contributed by atoms with E-state index in [0.717, 1.165) is 25.7 Å². The molecule has 2 N–H and O–H groups in total. The van der Waals surface area contributed by atoms with Crippen molar-refractivity contribution in [2.45, 2.75) is 38.7 Å². The summed E-state index contributed by atoms with van der Waals surface area (Å²) >= 11 is 0. The summed E-state index contributed by atoms with van der Waals surface area (Å²) in [7, 11) is 0. The predicted octanol–water partition coefficient (Wildman–Crippen LogP) is 1.02. The summed E-state index contributed by atoms with van der Waals surface area (Å²) in [4.78, 5) is 0. The largest absolute Gasteiger partial charge is 0.394 e. The topological polar surface area (TPSA) is 95.8 Å². The van der Waals surface area contributed by atoms with Gasteiger partial charge in [-0.1, -0.05) is 26.2 Å². The molecule has 0 aliphatic heterocycles. The highest BCUT2D eigenvalue weighted by atomic mass is 16.6. The van der Waals surface area contributed by atoms with Gasteiger partial charge in [0.2, 0.25) is 0 Å². The zero-order chi connectivity index (χ0) is 19.8. The summed E-state index contributed by atoms with van der Waals surface area (Å²) in [6, 6.07) is 0. The quantitative estimate of drug-likeness (QED) is 0.247. The van der Waals surface area contributed by atoms with Crippen LogP contribution in [0, 0.1) is 0 Å². The maximum atomic E-state index is 9.69. The van der Waals surface area contributed by atoms with E-state index in [1.54, 1.807) is 0 Å². The lowest BCUT2D eigenvalue weighted by Gasteiger charge is -2.11. The summed E-state index contributed by atoms with van der Waals surface area (Å²) in [6.07, 6.45) is 3.79. The third-order valence-electron chi connectivity index (χ3n) is 3.55. The van der Waals surface area contributed by atoms with Crippen LogP contribution in [0.2, 0.25) is 0 Å². The molecule has 0 aromatic rings. The molecule has 164 valence electrons. The molecule has 0 aromatic carbocycles. The summed E-state index contributed by atoms with van der Waals surface area (Å²) < 4.78 is 31.9. The van der Waals surface area contributed by atoms with Crippen molar-refractivity contribution in [3.63, 3.8) is 0 Å². The lowest BCUT2D eigenvalue weighted by atomic mass is 10.1. The van der Waals surface area contributed by atoms with Gasteiger partial charge in [-0.15, -0.1) is 0 Å². The molecule has 0 radical (unpaired) electrons. The minimum atomic E-state index is -0.370. The minimum Gasteiger partial charge on any atom is -0.394 e. The van der Waals surface area contributed by atoms with Crippen molar-refractivity contribution in [3.8, 4) is 0 Å². The Labute approximate surface area is 164 Å². The number of unbranched alkanes of at least 4 members (excludes halogenated alkanes) is 2. The van der Waals surface area contributed by atoms with Gasteiger partial charge in [-0.3, -0.25) is 0 Å². The molecule has 0 aromatic heterocycles. The van der Waals surface area contributed by atoms with Gasteiger partial charge in [0.25, 0.3) is 0 Å². The fraction of sp³-hybridized carbons (Fsp3) is 1.00. The van der Waals surface area contributed by atoms with E-state index in [1.807, 2.05) is 0 Å². The highest BCUT2D eigenvalue weighted by molar-refractivity contribution is 4.53. The summed E-state index contributed by atoms with van der Waals surface area (Å²) in [5.41, 5.74) is 0. The third kappa shape index (κ3) is 23.6. The van der Waals surface area contributed by atoms with Crippen LogP contribution in [-0.2, 0) is 28.4 Å². The van der Waals surface area contributed by atoms with Gasteiger partial charge in [0, 0.05) is 0 Å². The van der Waals surface area contributed by atoms with Crippen molar-refractivity contribution in [1.29, 1.82) is 0 Å². The van der Waals surface area contributed by atoms with E-state index in [2.05, 4.69) is 6.92 Å². The molecule has 1 atom stereocenters. The number of hydrogen-bond acceptors (Lipinski definition) is 8. The van der Waals surface area contributed by atoms with Crippen LogP contribution in [0.3, 0.4) is 0 Å². The number of hydrogen-bond donors (Lipinski definition) is 2. The van der Waals surface area contributed by atoms with E-state index in [1.165, 1.54) is 0 Å². The Morgan fingerprint density at radius 3 is 1.41 bits per heavy atom. The van der Waals surface area contributed by atoms with Gasteiger partial charge in [0.1, 0.15) is 0 Å². The van der Waals surface area contributed by atoms with Gasteiger partial charge in [0.15, 0.2) is 0 Å². The zero-order valence-corrected chi connectivity index (χ0v) is 16.9. The molecule has 27 heavy (non-hydrogen) atoms. The first-order chi connectivity index (χ1) is 13.3. The Morgan fingerprint density at radius 2 is 1.00 bits per heavy atom. The molecular weight excluding hydrogens is 356 g/mol. The smallest absolute Gasteiger partial charge is 0.0773 e. The van der Waals surface area contributed by atoms with E-state index in [9.17, 15) is 5.11 Å². The molecule has 8 heteroatoms. The standard InChI is InChI=1S/C19H40O8/c1-2-3-4-5-19(21)18-27-17-16-26-15-14-25-13-12-24-11-10-23-9-8-22-7-6-20/h19-21H,2-18H2,1H3. The molecule has 0 saturated heterocycles. The van der Waals surface area contributed by atoms with E-state index in [4.69, 9.17) is 33.5 Å². The zero-order valence-electron chi connectivity index (χ0n) is 16.9. The van der Waals surface area contributed by atoms with E-state index in [-0.39, 0.29) is 12.7 Å². The minimum absolute atomic E-state index is 0.0330. The number of aliphatic hydroxyl groups excluding tert-OH is 2. The van der Waals surface area contributed by atoms with Gasteiger partial charge >= 0.3 is 0 Å². The normalized spacial score (nSPS) is 12.6. The Kier molecular flexibility index (Phi) is 23.4. The van der Waals surface area contributed by atoms with E-state index >= 15 is 0 Å². The molecule has 0 aliphatic rings. The SMILES string of the molecule is CCCCCC(O)COCCOCCOCCOCCOCCOCCO. The number of rotatable bonds is 23. The summed E-state index contributed by atoms with van der Waals surface area (Å²) in [6.45, 7) is 7.95. The predicted molar refractivity (Wildman–Crippen MR) is 102 cm³/mol. The first kappa shape index (κ1) is 26.7. The Balaban J connectivity index is 3.05. The molecule has 8 nitrogen and oxygen atoms in total. The molecule has 0 fully saturated rings. The Bertz CT molecular complexity index is 268. The van der Waals surface area contributed by atoms with Crippen LogP contribution in [-0.4, -0.2) is 102 Å². The van der Waals surface area contributed by atoms with Gasteiger partial charge < -0.3 is 38.6 Å². The molecule has 0 aliphatic carbocycles. The second kappa shape index (κ2) is 23.7. The number of aliphatic hydroxyl groups is 2. The van der Waals surface area contributed by atoms with Crippen molar-refractivity contribution in [1.82, 2.24) is 0 Å². The maximum absolute atomic E-state index is 9.69. The van der Waals surface area contributed by atoms with Crippen LogP contribution >= 0.6 is 0 Å². The molecule has 1 unspecified atom stereocenters. The van der Waals surface area contributed by atoms with Crippen LogP contribution in [0.15, 0.2) is 0 Å². The fourth-order valence-corrected chi connectivity index (χ4v) is 2.10. The third-order valence-corrected chi connectivity index (χ3v) is 3.55. The van der Waals surface area contributed by atoms with Crippen molar-refractivity contribution >= 4 is 0 Å². The Morgan fingerprint density at radius 1 is 0.593 bits per heavy atom. The second-order valence-electron chi connectivity index (χ2n) is 6.01. The van der Waals surface area contributed by atoms with Gasteiger partial charge in [0.05, 0.1) is 92.0 Å². The van der Waals surface area contributed by atoms with Crippen LogP contribution < -0.4 is 0 Å². The van der Waals surface area contributed by atoms with Crippen LogP contribution in [0.25, 0.3) is 0 Å². The average molecular weight is 397 g/mol.